The van der Waals surface area contributed by atoms with Gasteiger partial charge in [0, 0.05) is 86.8 Å². The summed E-state index contributed by atoms with van der Waals surface area (Å²) in [6, 6.07) is 20.5. The second kappa shape index (κ2) is 18.2. The molecule has 5 aromatic rings. The van der Waals surface area contributed by atoms with Gasteiger partial charge in [0.15, 0.2) is 0 Å². The van der Waals surface area contributed by atoms with Crippen molar-refractivity contribution in [2.45, 2.75) is 56.4 Å². The Morgan fingerprint density at radius 3 is 2.42 bits per heavy atom. The number of hydrogen-bond acceptors (Lipinski definition) is 12. The normalized spacial score (nSPS) is 19.7. The molecule has 3 fully saturated rings. The molecule has 2 aliphatic heterocycles. The Hall–Kier alpha value is -5.09. The number of fused-ring (bicyclic) bond motifs is 1. The van der Waals surface area contributed by atoms with Crippen molar-refractivity contribution in [1.29, 1.82) is 0 Å². The molecule has 4 heterocycles. The number of aromatic amines is 1. The topological polar surface area (TPSA) is 186 Å². The molecule has 0 spiro atoms. The maximum atomic E-state index is 14.0. The predicted molar refractivity (Wildman–Crippen MR) is 262 cm³/mol. The number of nitrogens with one attached hydrogen (secondary N) is 3. The van der Waals surface area contributed by atoms with Crippen LogP contribution in [0.3, 0.4) is 0 Å². The molecule has 0 atom stereocenters. The van der Waals surface area contributed by atoms with Crippen LogP contribution in [-0.4, -0.2) is 121 Å². The molecule has 1 saturated carbocycles. The number of nitro groups is 1. The second-order valence-electron chi connectivity index (χ2n) is 19.4. The lowest BCUT2D eigenvalue weighted by molar-refractivity contribution is -0.384. The Kier molecular flexibility index (Phi) is 12.7. The smallest absolute Gasteiger partial charge is 0.293 e. The third kappa shape index (κ3) is 10.5. The lowest BCUT2D eigenvalue weighted by Crippen LogP contribution is -2.47. The molecule has 1 amide bonds. The fraction of sp³-hybridized carbons (Fsp3) is 0.417. The van der Waals surface area contributed by atoms with Gasteiger partial charge in [0.2, 0.25) is 0 Å². The SMILES string of the molecule is CC1(C)CCC(CN2CCN(c3ccc(C(=O)NS(=O)(=O)c4ccc(NC5(CN6CC[P+](C)(O)CC6)CC5)c([N+](=O)[O-])c4)c(Oc4cnc5[nH]ccc5c4)c3)CC2)=C(c2ccc(Cl)cc2)C1. The van der Waals surface area contributed by atoms with Gasteiger partial charge in [-0.2, -0.15) is 0 Å². The largest absolute Gasteiger partial charge is 0.455 e. The molecule has 9 rings (SSSR count). The zero-order valence-electron chi connectivity index (χ0n) is 37.6. The Bertz CT molecular complexity index is 2790. The van der Waals surface area contributed by atoms with Crippen LogP contribution in [0.1, 0.15) is 61.9 Å². The number of sulfonamides is 1. The predicted octanol–water partition coefficient (Wildman–Crippen LogP) is 8.64. The molecule has 2 aliphatic carbocycles. The minimum absolute atomic E-state index is 0.0400. The second-order valence-corrected chi connectivity index (χ2v) is 25.1. The number of rotatable bonds is 14. The highest BCUT2D eigenvalue weighted by molar-refractivity contribution is 7.90. The van der Waals surface area contributed by atoms with Crippen LogP contribution in [0, 0.1) is 15.5 Å². The van der Waals surface area contributed by atoms with E-state index in [2.05, 4.69) is 60.7 Å². The molecule has 15 nitrogen and oxygen atoms in total. The lowest BCUT2D eigenvalue weighted by atomic mass is 9.72. The van der Waals surface area contributed by atoms with Gasteiger partial charge in [-0.3, -0.25) is 29.6 Å². The van der Waals surface area contributed by atoms with Crippen molar-refractivity contribution >= 4 is 68.7 Å². The van der Waals surface area contributed by atoms with Gasteiger partial charge in [-0.25, -0.2) is 18.1 Å². The van der Waals surface area contributed by atoms with Crippen molar-refractivity contribution in [3.8, 4) is 11.5 Å². The van der Waals surface area contributed by atoms with E-state index in [1.165, 1.54) is 35.0 Å². The Morgan fingerprint density at radius 2 is 1.71 bits per heavy atom. The number of piperazine rings is 1. The minimum Gasteiger partial charge on any atom is -0.455 e. The number of carbonyl (C=O) groups is 1. The van der Waals surface area contributed by atoms with E-state index in [4.69, 9.17) is 16.3 Å². The zero-order chi connectivity index (χ0) is 46.4. The Balaban J connectivity index is 0.918. The molecule has 2 aromatic heterocycles. The van der Waals surface area contributed by atoms with Crippen LogP contribution in [-0.2, 0) is 10.0 Å². The zero-order valence-corrected chi connectivity index (χ0v) is 40.0. The number of H-pyrrole nitrogens is 1. The number of pyridine rings is 1. The first kappa shape index (κ1) is 46.0. The number of nitro benzene ring substituents is 1. The third-order valence-electron chi connectivity index (χ3n) is 13.6. The summed E-state index contributed by atoms with van der Waals surface area (Å²) in [6.45, 7) is 12.8. The summed E-state index contributed by atoms with van der Waals surface area (Å²) in [5.74, 6) is -0.481. The summed E-state index contributed by atoms with van der Waals surface area (Å²) in [6.07, 6.45) is 9.59. The number of anilines is 2. The van der Waals surface area contributed by atoms with Crippen molar-refractivity contribution in [3.05, 3.63) is 117 Å². The first-order chi connectivity index (χ1) is 31.4. The van der Waals surface area contributed by atoms with Gasteiger partial charge in [-0.05, 0) is 97.2 Å². The van der Waals surface area contributed by atoms with Gasteiger partial charge in [0.1, 0.15) is 30.3 Å². The van der Waals surface area contributed by atoms with Crippen LogP contribution >= 0.6 is 19.1 Å². The van der Waals surface area contributed by atoms with Crippen LogP contribution in [0.4, 0.5) is 17.1 Å². The minimum atomic E-state index is -4.59. The number of allylic oxidation sites excluding steroid dienone is 1. The molecule has 2 saturated heterocycles. The molecule has 0 radical (unpaired) electrons. The summed E-state index contributed by atoms with van der Waals surface area (Å²) in [5, 5.41) is 17.2. The Labute approximate surface area is 391 Å². The number of nitrogens with zero attached hydrogens (tertiary/aromatic N) is 5. The molecule has 0 bridgehead atoms. The van der Waals surface area contributed by atoms with E-state index in [9.17, 15) is 28.2 Å². The number of aromatic nitrogens is 2. The highest BCUT2D eigenvalue weighted by atomic mass is 35.5. The third-order valence-corrected chi connectivity index (χ3v) is 17.5. The number of benzene rings is 3. The van der Waals surface area contributed by atoms with Gasteiger partial charge in [0.25, 0.3) is 21.6 Å². The maximum Gasteiger partial charge on any atom is 0.293 e. The monoisotopic (exact) mass is 955 g/mol. The number of hydrogen-bond donors (Lipinski definition) is 4. The van der Waals surface area contributed by atoms with Crippen LogP contribution in [0.2, 0.25) is 5.02 Å². The van der Waals surface area contributed by atoms with E-state index in [0.717, 1.165) is 112 Å². The summed E-state index contributed by atoms with van der Waals surface area (Å²) in [4.78, 5) is 50.4. The number of carbonyl (C=O) groups excluding carboxylic acids is 1. The van der Waals surface area contributed by atoms with Crippen LogP contribution in [0.25, 0.3) is 16.6 Å². The van der Waals surface area contributed by atoms with E-state index >= 15 is 0 Å². The average molecular weight is 957 g/mol. The standard InChI is InChI=1S/C48H56ClN8O7PS/c1-47(2)14-12-35(41(29-47)33-4-6-36(49)7-5-33)31-54-18-20-56(21-19-54)37-8-10-40(44(27-37)64-38-26-34-13-17-50-45(34)51-30-38)46(58)53-66(62,63)39-9-11-42(43(28-39)57(59)60)52-48(15-16-48)32-55-22-24-65(3,61)25-23-55/h4-11,13,17,26-28,30,52,61H,12,14-16,18-25,29,31-32H2,1-3H3,(H-,50,51,53,58)/p+1. The van der Waals surface area contributed by atoms with Gasteiger partial charge in [-0.15, -0.1) is 0 Å². The van der Waals surface area contributed by atoms with Crippen molar-refractivity contribution in [1.82, 2.24) is 24.5 Å². The van der Waals surface area contributed by atoms with Gasteiger partial charge in [0.05, 0.1) is 46.1 Å². The van der Waals surface area contributed by atoms with E-state index in [1.54, 1.807) is 30.5 Å². The van der Waals surface area contributed by atoms with Gasteiger partial charge in [-0.1, -0.05) is 43.2 Å². The van der Waals surface area contributed by atoms with Crippen molar-refractivity contribution in [2.75, 3.05) is 81.6 Å². The molecular formula is C48H57ClN8O7PS+. The Morgan fingerprint density at radius 1 is 0.970 bits per heavy atom. The molecular weight excluding hydrogens is 899 g/mol. The van der Waals surface area contributed by atoms with E-state index in [1.807, 2.05) is 24.9 Å². The fourth-order valence-electron chi connectivity index (χ4n) is 9.43. The summed E-state index contributed by atoms with van der Waals surface area (Å²) < 4.78 is 36.2. The summed E-state index contributed by atoms with van der Waals surface area (Å²) in [7, 11) is -6.46. The first-order valence-corrected chi connectivity index (χ1v) is 27.0. The highest BCUT2D eigenvalue weighted by Gasteiger charge is 2.47. The summed E-state index contributed by atoms with van der Waals surface area (Å²) >= 11 is 6.25. The average Bonchev–Trinajstić information content (AvgIpc) is 3.86. The number of halogens is 1. The molecule has 3 aromatic carbocycles. The van der Waals surface area contributed by atoms with Crippen molar-refractivity contribution < 1.29 is 27.8 Å². The molecule has 66 heavy (non-hydrogen) atoms. The molecule has 18 heteroatoms. The summed E-state index contributed by atoms with van der Waals surface area (Å²) in [5.41, 5.74) is 5.16. The lowest BCUT2D eigenvalue weighted by Gasteiger charge is -2.39. The molecule has 348 valence electrons. The number of amides is 1. The highest BCUT2D eigenvalue weighted by Crippen LogP contribution is 2.52. The first-order valence-electron chi connectivity index (χ1n) is 22.5. The van der Waals surface area contributed by atoms with E-state index in [0.29, 0.717) is 17.9 Å². The maximum absolute atomic E-state index is 14.0. The van der Waals surface area contributed by atoms with Crippen molar-refractivity contribution in [2.24, 2.45) is 5.41 Å². The molecule has 4 N–H and O–H groups in total. The number of ether oxygens (including phenoxy) is 1. The van der Waals surface area contributed by atoms with Crippen LogP contribution in [0.5, 0.6) is 11.5 Å². The van der Waals surface area contributed by atoms with Crippen LogP contribution in [0.15, 0.2) is 95.7 Å². The van der Waals surface area contributed by atoms with Crippen LogP contribution < -0.4 is 19.7 Å². The molecule has 0 unspecified atom stereocenters. The fourth-order valence-corrected chi connectivity index (χ4v) is 12.2. The quantitative estimate of drug-likeness (QED) is 0.0473. The van der Waals surface area contributed by atoms with Gasteiger partial charge < -0.3 is 19.9 Å². The molecule has 4 aliphatic rings. The van der Waals surface area contributed by atoms with E-state index in [-0.39, 0.29) is 28.0 Å². The van der Waals surface area contributed by atoms with Crippen molar-refractivity contribution in [3.63, 3.8) is 0 Å². The van der Waals surface area contributed by atoms with E-state index < -0.39 is 38.9 Å². The van der Waals surface area contributed by atoms with Gasteiger partial charge >= 0.3 is 0 Å².